The van der Waals surface area contributed by atoms with E-state index < -0.39 is 89.4 Å². The summed E-state index contributed by atoms with van der Waals surface area (Å²) < 4.78 is 111. The summed E-state index contributed by atoms with van der Waals surface area (Å²) in [5, 5.41) is 22.6. The van der Waals surface area contributed by atoms with Crippen LogP contribution in [-0.2, 0) is 39.7 Å². The molecule has 3 aromatic carbocycles. The molecule has 0 radical (unpaired) electrons. The van der Waals surface area contributed by atoms with Crippen LogP contribution in [0.1, 0.15) is 27.8 Å². The van der Waals surface area contributed by atoms with Crippen LogP contribution in [0.4, 0.5) is 37.7 Å². The van der Waals surface area contributed by atoms with Crippen molar-refractivity contribution in [3.63, 3.8) is 0 Å². The molecule has 0 saturated heterocycles. The van der Waals surface area contributed by atoms with Crippen molar-refractivity contribution in [1.29, 1.82) is 0 Å². The minimum Gasteiger partial charge on any atom is -0.261 e. The van der Waals surface area contributed by atoms with Crippen LogP contribution in [0.25, 0.3) is 0 Å². The largest absolute Gasteiger partial charge is 0.417 e. The molecule has 0 aliphatic rings. The van der Waals surface area contributed by atoms with Gasteiger partial charge in [-0.2, -0.15) is 34.8 Å². The van der Waals surface area contributed by atoms with E-state index in [1.807, 2.05) is 0 Å². The highest BCUT2D eigenvalue weighted by Crippen LogP contribution is 2.39. The number of nitro benzene ring substituents is 2. The normalized spacial score (nSPS) is 12.4. The van der Waals surface area contributed by atoms with Gasteiger partial charge >= 0.3 is 12.4 Å². The summed E-state index contributed by atoms with van der Waals surface area (Å²) in [6.07, 6.45) is -11.1. The molecular formula is C22H14F6N2O7S. The molecule has 0 aliphatic heterocycles. The van der Waals surface area contributed by atoms with E-state index in [4.69, 9.17) is 4.18 Å². The third kappa shape index (κ3) is 6.08. The Hall–Kier alpha value is -4.05. The van der Waals surface area contributed by atoms with Gasteiger partial charge in [0.25, 0.3) is 21.5 Å². The fourth-order valence-electron chi connectivity index (χ4n) is 3.64. The Kier molecular flexibility index (Phi) is 7.78. The molecular weight excluding hydrogens is 550 g/mol. The number of benzene rings is 3. The van der Waals surface area contributed by atoms with Gasteiger partial charge in [-0.15, -0.1) is 0 Å². The number of nitrogens with zero attached hydrogens (tertiary/aromatic N) is 2. The molecule has 0 bridgehead atoms. The topological polar surface area (TPSA) is 130 Å². The van der Waals surface area contributed by atoms with Crippen LogP contribution in [0.15, 0.2) is 65.6 Å². The van der Waals surface area contributed by atoms with Crippen molar-refractivity contribution < 1.29 is 48.8 Å². The van der Waals surface area contributed by atoms with Crippen LogP contribution in [0.2, 0.25) is 0 Å². The van der Waals surface area contributed by atoms with Gasteiger partial charge in [0.1, 0.15) is 0 Å². The first kappa shape index (κ1) is 28.5. The Bertz CT molecular complexity index is 1500. The van der Waals surface area contributed by atoms with Gasteiger partial charge in [0, 0.05) is 24.1 Å². The first-order valence-corrected chi connectivity index (χ1v) is 11.6. The Morgan fingerprint density at radius 1 is 0.711 bits per heavy atom. The quantitative estimate of drug-likeness (QED) is 0.141. The molecule has 0 N–H and O–H groups in total. The molecule has 16 heteroatoms. The van der Waals surface area contributed by atoms with E-state index in [0.29, 0.717) is 18.2 Å². The Balaban J connectivity index is 2.06. The molecule has 0 fully saturated rings. The predicted molar refractivity (Wildman–Crippen MR) is 117 cm³/mol. The zero-order valence-electron chi connectivity index (χ0n) is 18.6. The van der Waals surface area contributed by atoms with Gasteiger partial charge in [-0.1, -0.05) is 30.3 Å². The van der Waals surface area contributed by atoms with E-state index in [0.717, 1.165) is 36.4 Å². The third-order valence-corrected chi connectivity index (χ3v) is 6.64. The molecule has 3 rings (SSSR count). The van der Waals surface area contributed by atoms with Gasteiger partial charge in [-0.25, -0.2) is 0 Å². The number of hydrogen-bond donors (Lipinski definition) is 0. The van der Waals surface area contributed by atoms with Crippen LogP contribution in [-0.4, -0.2) is 18.3 Å². The summed E-state index contributed by atoms with van der Waals surface area (Å²) in [6, 6.07) is 8.39. The summed E-state index contributed by atoms with van der Waals surface area (Å²) in [5.41, 5.74) is -7.28. The average molecular weight is 564 g/mol. The first-order chi connectivity index (χ1) is 17.5. The lowest BCUT2D eigenvalue weighted by Crippen LogP contribution is -2.16. The lowest BCUT2D eigenvalue weighted by Gasteiger charge is -2.16. The molecule has 9 nitrogen and oxygen atoms in total. The van der Waals surface area contributed by atoms with Crippen molar-refractivity contribution in [3.8, 4) is 0 Å². The number of hydrogen-bond acceptors (Lipinski definition) is 7. The highest BCUT2D eigenvalue weighted by atomic mass is 32.2. The fraction of sp³-hybridized carbons (Fsp3) is 0.182. The zero-order chi connectivity index (χ0) is 28.5. The van der Waals surface area contributed by atoms with Crippen LogP contribution in [0.3, 0.4) is 0 Å². The van der Waals surface area contributed by atoms with Crippen molar-refractivity contribution in [3.05, 3.63) is 109 Å². The van der Waals surface area contributed by atoms with Crippen LogP contribution >= 0.6 is 0 Å². The van der Waals surface area contributed by atoms with Crippen molar-refractivity contribution in [1.82, 2.24) is 0 Å². The van der Waals surface area contributed by atoms with Crippen LogP contribution in [0, 0.1) is 20.2 Å². The molecule has 0 amide bonds. The molecule has 3 aromatic rings. The lowest BCUT2D eigenvalue weighted by atomic mass is 9.97. The molecule has 38 heavy (non-hydrogen) atoms. The van der Waals surface area contributed by atoms with Gasteiger partial charge in [-0.05, 0) is 23.8 Å². The van der Waals surface area contributed by atoms with Gasteiger partial charge in [0.15, 0.2) is 0 Å². The van der Waals surface area contributed by atoms with E-state index >= 15 is 0 Å². The minimum absolute atomic E-state index is 0.397. The predicted octanol–water partition coefficient (Wildman–Crippen LogP) is 6.04. The maximum absolute atomic E-state index is 13.6. The van der Waals surface area contributed by atoms with E-state index in [9.17, 15) is 55.0 Å². The number of rotatable bonds is 8. The van der Waals surface area contributed by atoms with Gasteiger partial charge in [-0.3, -0.25) is 24.4 Å². The van der Waals surface area contributed by atoms with Gasteiger partial charge in [0.2, 0.25) is 0 Å². The average Bonchev–Trinajstić information content (AvgIpc) is 2.81. The highest BCUT2D eigenvalue weighted by Gasteiger charge is 2.38. The summed E-state index contributed by atoms with van der Waals surface area (Å²) in [4.78, 5) is 19.6. The second-order valence-corrected chi connectivity index (χ2v) is 9.20. The highest BCUT2D eigenvalue weighted by molar-refractivity contribution is 7.86. The minimum atomic E-state index is -5.10. The molecule has 202 valence electrons. The summed E-state index contributed by atoms with van der Waals surface area (Å²) in [7, 11) is -5.04. The second kappa shape index (κ2) is 10.4. The smallest absolute Gasteiger partial charge is 0.261 e. The van der Waals surface area contributed by atoms with Gasteiger partial charge < -0.3 is 0 Å². The molecule has 0 atom stereocenters. The van der Waals surface area contributed by atoms with Crippen molar-refractivity contribution in [2.24, 2.45) is 0 Å². The van der Waals surface area contributed by atoms with E-state index in [-0.39, 0.29) is 0 Å². The zero-order valence-corrected chi connectivity index (χ0v) is 19.4. The van der Waals surface area contributed by atoms with Gasteiger partial charge in [0.05, 0.1) is 38.0 Å². The second-order valence-electron chi connectivity index (χ2n) is 7.62. The summed E-state index contributed by atoms with van der Waals surface area (Å²) in [5.74, 6) is 0. The standard InChI is InChI=1S/C22H14F6N2O7S/c23-21(24,25)16-6-3-8-18(29(31)32)14(16)11-13-5-1-2-10-20(13)38(35,36)37-12-15-17(22(26,27)28)7-4-9-19(15)30(33)34/h1-10H,11-12H2. The molecule has 0 aromatic heterocycles. The summed E-state index contributed by atoms with van der Waals surface area (Å²) >= 11 is 0. The van der Waals surface area contributed by atoms with Crippen LogP contribution in [0.5, 0.6) is 0 Å². The maximum Gasteiger partial charge on any atom is 0.417 e. The molecule has 0 spiro atoms. The van der Waals surface area contributed by atoms with Crippen LogP contribution < -0.4 is 0 Å². The van der Waals surface area contributed by atoms with Crippen molar-refractivity contribution in [2.75, 3.05) is 0 Å². The van der Waals surface area contributed by atoms with E-state index in [1.165, 1.54) is 6.07 Å². The maximum atomic E-state index is 13.6. The molecule has 0 unspecified atom stereocenters. The number of alkyl halides is 6. The van der Waals surface area contributed by atoms with E-state index in [1.54, 1.807) is 0 Å². The number of nitro groups is 2. The Labute approximate surface area is 209 Å². The SMILES string of the molecule is O=[N+]([O-])c1cccc(C(F)(F)F)c1COS(=O)(=O)c1ccccc1Cc1c([N+](=O)[O-])cccc1C(F)(F)F. The Morgan fingerprint density at radius 3 is 1.68 bits per heavy atom. The third-order valence-electron chi connectivity index (χ3n) is 5.27. The number of halogens is 6. The van der Waals surface area contributed by atoms with E-state index in [2.05, 4.69) is 0 Å². The summed E-state index contributed by atoms with van der Waals surface area (Å²) in [6.45, 7) is -1.43. The van der Waals surface area contributed by atoms with Crippen molar-refractivity contribution >= 4 is 21.5 Å². The Morgan fingerprint density at radius 2 is 1.18 bits per heavy atom. The monoisotopic (exact) mass is 564 g/mol. The molecule has 0 aliphatic carbocycles. The molecule has 0 heterocycles. The fourth-order valence-corrected chi connectivity index (χ4v) is 4.75. The first-order valence-electron chi connectivity index (χ1n) is 10.2. The van der Waals surface area contributed by atoms with Crippen molar-refractivity contribution in [2.45, 2.75) is 30.3 Å². The lowest BCUT2D eigenvalue weighted by molar-refractivity contribution is -0.386. The molecule has 0 saturated carbocycles.